The summed E-state index contributed by atoms with van der Waals surface area (Å²) < 4.78 is 0. The molecule has 146 valence electrons. The average molecular weight is 406 g/mol. The first-order valence-electron chi connectivity index (χ1n) is 9.37. The summed E-state index contributed by atoms with van der Waals surface area (Å²) in [6.07, 6.45) is 0.386. The van der Waals surface area contributed by atoms with Crippen LogP contribution in [0.1, 0.15) is 32.7 Å². The van der Waals surface area contributed by atoms with Crippen LogP contribution in [0.15, 0.2) is 60.7 Å². The van der Waals surface area contributed by atoms with E-state index in [1.807, 2.05) is 60.4 Å². The zero-order valence-corrected chi connectivity index (χ0v) is 16.7. The summed E-state index contributed by atoms with van der Waals surface area (Å²) in [5.74, 6) is -0.215. The van der Waals surface area contributed by atoms with Crippen LogP contribution in [0, 0.1) is 6.92 Å². The number of anilines is 1. The minimum Gasteiger partial charge on any atom is -0.334 e. The predicted octanol–water partition coefficient (Wildman–Crippen LogP) is 4.38. The number of carbonyl (C=O) groups is 2. The average Bonchev–Trinajstić information content (AvgIpc) is 3.12. The second kappa shape index (κ2) is 8.05. The molecule has 1 aromatic heterocycles. The van der Waals surface area contributed by atoms with Gasteiger partial charge >= 0.3 is 0 Å². The van der Waals surface area contributed by atoms with Crippen molar-refractivity contribution in [1.82, 2.24) is 9.88 Å². The number of aromatic nitrogens is 1. The second-order valence-electron chi connectivity index (χ2n) is 7.14. The van der Waals surface area contributed by atoms with E-state index in [4.69, 9.17) is 11.6 Å². The van der Waals surface area contributed by atoms with Gasteiger partial charge < -0.3 is 10.2 Å². The van der Waals surface area contributed by atoms with Crippen molar-refractivity contribution in [3.8, 4) is 0 Å². The number of benzene rings is 2. The number of fused-ring (bicyclic) bond motifs is 1. The van der Waals surface area contributed by atoms with Gasteiger partial charge in [0.15, 0.2) is 0 Å². The van der Waals surface area contributed by atoms with Crippen LogP contribution >= 0.6 is 11.6 Å². The van der Waals surface area contributed by atoms with Crippen molar-refractivity contribution < 1.29 is 9.59 Å². The molecule has 0 atom stereocenters. The molecule has 0 bridgehead atoms. The van der Waals surface area contributed by atoms with Gasteiger partial charge in [-0.2, -0.15) is 0 Å². The monoisotopic (exact) mass is 405 g/mol. The number of amides is 2. The molecule has 29 heavy (non-hydrogen) atoms. The minimum absolute atomic E-state index is 0.0931. The van der Waals surface area contributed by atoms with E-state index in [0.717, 1.165) is 22.4 Å². The standard InChI is InChI=1S/C23H20ClN3O2/c1-15-7-10-20(22(24)25-15)23(29)26-19-9-8-17-13-27(14-18(17)12-19)21(28)11-16-5-3-2-4-6-16/h2-10,12H,11,13-14H2,1H3,(H,26,29). The fourth-order valence-electron chi connectivity index (χ4n) is 3.42. The molecule has 0 unspecified atom stereocenters. The van der Waals surface area contributed by atoms with Gasteiger partial charge in [0.25, 0.3) is 5.91 Å². The first-order valence-corrected chi connectivity index (χ1v) is 9.75. The maximum atomic E-state index is 12.6. The molecule has 3 aromatic rings. The van der Waals surface area contributed by atoms with E-state index in [9.17, 15) is 9.59 Å². The van der Waals surface area contributed by atoms with Crippen LogP contribution in [0.3, 0.4) is 0 Å². The van der Waals surface area contributed by atoms with Crippen molar-refractivity contribution >= 4 is 29.1 Å². The van der Waals surface area contributed by atoms with E-state index in [2.05, 4.69) is 10.3 Å². The van der Waals surface area contributed by atoms with Gasteiger partial charge in [-0.05, 0) is 47.9 Å². The Morgan fingerprint density at radius 3 is 2.55 bits per heavy atom. The maximum Gasteiger partial charge on any atom is 0.258 e. The van der Waals surface area contributed by atoms with Crippen LogP contribution in [0.2, 0.25) is 5.15 Å². The topological polar surface area (TPSA) is 62.3 Å². The van der Waals surface area contributed by atoms with Gasteiger partial charge in [0.2, 0.25) is 5.91 Å². The third-order valence-corrected chi connectivity index (χ3v) is 5.26. The van der Waals surface area contributed by atoms with Crippen molar-refractivity contribution in [2.75, 3.05) is 5.32 Å². The van der Waals surface area contributed by atoms with Crippen molar-refractivity contribution in [3.63, 3.8) is 0 Å². The SMILES string of the molecule is Cc1ccc(C(=O)Nc2ccc3c(c2)CN(C(=O)Cc2ccccc2)C3)c(Cl)n1. The number of nitrogens with zero attached hydrogens (tertiary/aromatic N) is 2. The Bertz CT molecular complexity index is 1080. The van der Waals surface area contributed by atoms with Crippen LogP contribution in [0.5, 0.6) is 0 Å². The Hall–Kier alpha value is -3.18. The van der Waals surface area contributed by atoms with Gasteiger partial charge in [0.1, 0.15) is 5.15 Å². The first kappa shape index (κ1) is 19.2. The summed E-state index contributed by atoms with van der Waals surface area (Å²) in [6.45, 7) is 2.94. The van der Waals surface area contributed by atoms with Crippen molar-refractivity contribution in [2.24, 2.45) is 0 Å². The highest BCUT2D eigenvalue weighted by Crippen LogP contribution is 2.27. The van der Waals surface area contributed by atoms with Crippen LogP contribution in [-0.2, 0) is 24.3 Å². The molecule has 2 aromatic carbocycles. The van der Waals surface area contributed by atoms with Crippen LogP contribution in [-0.4, -0.2) is 21.7 Å². The van der Waals surface area contributed by atoms with Crippen LogP contribution in [0.25, 0.3) is 0 Å². The third-order valence-electron chi connectivity index (χ3n) is 4.97. The Kier molecular flexibility index (Phi) is 5.32. The van der Waals surface area contributed by atoms with Gasteiger partial charge in [-0.15, -0.1) is 0 Å². The molecule has 4 rings (SSSR count). The molecular formula is C23H20ClN3O2. The molecule has 1 aliphatic heterocycles. The summed E-state index contributed by atoms with van der Waals surface area (Å²) in [4.78, 5) is 31.1. The number of aryl methyl sites for hydroxylation is 1. The lowest BCUT2D eigenvalue weighted by Crippen LogP contribution is -2.26. The number of hydrogen-bond donors (Lipinski definition) is 1. The van der Waals surface area contributed by atoms with Gasteiger partial charge in [0.05, 0.1) is 12.0 Å². The molecule has 0 spiro atoms. The quantitative estimate of drug-likeness (QED) is 0.655. The highest BCUT2D eigenvalue weighted by molar-refractivity contribution is 6.33. The van der Waals surface area contributed by atoms with Crippen molar-refractivity contribution in [1.29, 1.82) is 0 Å². The molecule has 0 saturated heterocycles. The molecule has 1 aliphatic rings. The molecule has 6 heteroatoms. The van der Waals surface area contributed by atoms with E-state index in [-0.39, 0.29) is 17.0 Å². The lowest BCUT2D eigenvalue weighted by Gasteiger charge is -2.15. The van der Waals surface area contributed by atoms with Crippen LogP contribution in [0.4, 0.5) is 5.69 Å². The molecule has 0 aliphatic carbocycles. The molecule has 5 nitrogen and oxygen atoms in total. The van der Waals surface area contributed by atoms with Gasteiger partial charge in [-0.3, -0.25) is 9.59 Å². The second-order valence-corrected chi connectivity index (χ2v) is 7.50. The molecule has 0 saturated carbocycles. The Labute approximate surface area is 174 Å². The summed E-state index contributed by atoms with van der Waals surface area (Å²) >= 11 is 6.09. The summed E-state index contributed by atoms with van der Waals surface area (Å²) in [5, 5.41) is 3.05. The highest BCUT2D eigenvalue weighted by atomic mass is 35.5. The summed E-state index contributed by atoms with van der Waals surface area (Å²) in [7, 11) is 0. The predicted molar refractivity (Wildman–Crippen MR) is 113 cm³/mol. The Morgan fingerprint density at radius 1 is 1.03 bits per heavy atom. The van der Waals surface area contributed by atoms with Crippen molar-refractivity contribution in [3.05, 3.63) is 93.8 Å². The number of pyridine rings is 1. The molecule has 0 fully saturated rings. The van der Waals surface area contributed by atoms with E-state index in [1.165, 1.54) is 0 Å². The lowest BCUT2D eigenvalue weighted by molar-refractivity contribution is -0.131. The molecule has 2 heterocycles. The molecule has 2 amide bonds. The summed E-state index contributed by atoms with van der Waals surface area (Å²) in [5.41, 5.74) is 4.89. The molecule has 0 radical (unpaired) electrons. The zero-order valence-electron chi connectivity index (χ0n) is 16.0. The fraction of sp³-hybridized carbons (Fsp3) is 0.174. The van der Waals surface area contributed by atoms with Gasteiger partial charge in [-0.1, -0.05) is 48.0 Å². The van der Waals surface area contributed by atoms with E-state index in [1.54, 1.807) is 12.1 Å². The Morgan fingerprint density at radius 2 is 1.79 bits per heavy atom. The van der Waals surface area contributed by atoms with Crippen LogP contribution < -0.4 is 5.32 Å². The lowest BCUT2D eigenvalue weighted by atomic mass is 10.1. The smallest absolute Gasteiger partial charge is 0.258 e. The highest BCUT2D eigenvalue weighted by Gasteiger charge is 2.24. The number of hydrogen-bond acceptors (Lipinski definition) is 3. The maximum absolute atomic E-state index is 12.6. The van der Waals surface area contributed by atoms with E-state index in [0.29, 0.717) is 30.8 Å². The largest absolute Gasteiger partial charge is 0.334 e. The normalized spacial score (nSPS) is 12.6. The van der Waals surface area contributed by atoms with E-state index >= 15 is 0 Å². The number of nitrogens with one attached hydrogen (secondary N) is 1. The number of rotatable bonds is 4. The Balaban J connectivity index is 1.44. The molecule has 1 N–H and O–H groups in total. The summed E-state index contributed by atoms with van der Waals surface area (Å²) in [6, 6.07) is 18.9. The first-order chi connectivity index (χ1) is 14.0. The zero-order chi connectivity index (χ0) is 20.4. The minimum atomic E-state index is -0.308. The van der Waals surface area contributed by atoms with Crippen molar-refractivity contribution in [2.45, 2.75) is 26.4 Å². The molecular weight excluding hydrogens is 386 g/mol. The number of halogens is 1. The van der Waals surface area contributed by atoms with E-state index < -0.39 is 0 Å². The fourth-order valence-corrected chi connectivity index (χ4v) is 3.71. The number of carbonyl (C=O) groups excluding carboxylic acids is 2. The van der Waals surface area contributed by atoms with Gasteiger partial charge in [0, 0.05) is 24.5 Å². The van der Waals surface area contributed by atoms with Gasteiger partial charge in [-0.25, -0.2) is 4.98 Å². The third kappa shape index (κ3) is 4.30.